The number of aryl methyl sites for hydroxylation is 1. The van der Waals surface area contributed by atoms with Crippen molar-refractivity contribution in [2.24, 2.45) is 0 Å². The van der Waals surface area contributed by atoms with Crippen LogP contribution in [0.4, 0.5) is 5.82 Å². The second-order valence-electron chi connectivity index (χ2n) is 4.63. The Morgan fingerprint density at radius 3 is 2.85 bits per heavy atom. The van der Waals surface area contributed by atoms with Gasteiger partial charge in [-0.2, -0.15) is 0 Å². The van der Waals surface area contributed by atoms with Crippen LogP contribution in [0.3, 0.4) is 0 Å². The van der Waals surface area contributed by atoms with E-state index in [0.717, 1.165) is 11.8 Å². The molecule has 0 bridgehead atoms. The molecule has 0 atom stereocenters. The smallest absolute Gasteiger partial charge is 0.259 e. The largest absolute Gasteiger partial charge is 0.385 e. The number of benzene rings is 1. The third-order valence-electron chi connectivity index (χ3n) is 3.29. The number of hydrogen-bond acceptors (Lipinski definition) is 4. The number of fused-ring (bicyclic) bond motifs is 1. The highest BCUT2D eigenvalue weighted by atomic mass is 16.1. The van der Waals surface area contributed by atoms with Crippen LogP contribution in [0.5, 0.6) is 0 Å². The molecule has 2 N–H and O–H groups in total. The zero-order valence-corrected chi connectivity index (χ0v) is 10.9. The molecule has 0 amide bonds. The highest BCUT2D eigenvalue weighted by Gasteiger charge is 2.06. The number of nitrogens with two attached hydrogens (primary N) is 1. The third kappa shape index (κ3) is 2.27. The average Bonchev–Trinajstić information content (AvgIpc) is 2.96. The molecule has 0 radical (unpaired) electrons. The van der Waals surface area contributed by atoms with E-state index >= 15 is 0 Å². The molecule has 0 fully saturated rings. The Balaban J connectivity index is 1.85. The summed E-state index contributed by atoms with van der Waals surface area (Å²) in [6, 6.07) is 9.32. The number of rotatable bonds is 4. The fourth-order valence-electron chi connectivity index (χ4n) is 2.29. The normalized spacial score (nSPS) is 11.0. The average molecular weight is 269 g/mol. The maximum atomic E-state index is 12.4. The Kier molecular flexibility index (Phi) is 3.20. The second kappa shape index (κ2) is 5.16. The van der Waals surface area contributed by atoms with Gasteiger partial charge in [-0.1, -0.05) is 23.4 Å². The molecule has 0 spiro atoms. The van der Waals surface area contributed by atoms with Crippen molar-refractivity contribution in [3.8, 4) is 0 Å². The molecule has 102 valence electrons. The summed E-state index contributed by atoms with van der Waals surface area (Å²) in [5, 5.41) is 9.21. The predicted octanol–water partition coefficient (Wildman–Crippen LogP) is 1.27. The van der Waals surface area contributed by atoms with E-state index < -0.39 is 0 Å². The Hall–Kier alpha value is -2.63. The van der Waals surface area contributed by atoms with E-state index in [4.69, 9.17) is 5.73 Å². The van der Waals surface area contributed by atoms with Gasteiger partial charge in [0.15, 0.2) is 0 Å². The van der Waals surface area contributed by atoms with Crippen LogP contribution in [0, 0.1) is 0 Å². The van der Waals surface area contributed by atoms with Crippen molar-refractivity contribution in [1.29, 1.82) is 0 Å². The Morgan fingerprint density at radius 2 is 2.05 bits per heavy atom. The number of nitrogen functional groups attached to an aromatic ring is 1. The van der Waals surface area contributed by atoms with Gasteiger partial charge in [-0.15, -0.1) is 5.10 Å². The van der Waals surface area contributed by atoms with E-state index in [0.29, 0.717) is 24.3 Å². The zero-order chi connectivity index (χ0) is 13.9. The topological polar surface area (TPSA) is 78.7 Å². The summed E-state index contributed by atoms with van der Waals surface area (Å²) in [6.07, 6.45) is 4.20. The van der Waals surface area contributed by atoms with Crippen LogP contribution in [-0.2, 0) is 13.1 Å². The molecule has 3 aromatic rings. The van der Waals surface area contributed by atoms with Gasteiger partial charge in [0.1, 0.15) is 5.82 Å². The highest BCUT2D eigenvalue weighted by molar-refractivity contribution is 5.83. The van der Waals surface area contributed by atoms with Crippen LogP contribution in [0.1, 0.15) is 6.42 Å². The van der Waals surface area contributed by atoms with Gasteiger partial charge in [-0.3, -0.25) is 14.0 Å². The van der Waals surface area contributed by atoms with Gasteiger partial charge in [0.05, 0.1) is 6.20 Å². The minimum atomic E-state index is -0.0424. The Labute approximate surface area is 115 Å². The summed E-state index contributed by atoms with van der Waals surface area (Å²) in [5.41, 5.74) is 5.93. The molecule has 0 aliphatic heterocycles. The van der Waals surface area contributed by atoms with E-state index in [1.807, 2.05) is 30.3 Å². The Bertz CT molecular complexity index is 776. The number of hydrogen-bond donors (Lipinski definition) is 1. The number of pyridine rings is 1. The van der Waals surface area contributed by atoms with Crippen molar-refractivity contribution < 1.29 is 0 Å². The predicted molar refractivity (Wildman–Crippen MR) is 77.3 cm³/mol. The van der Waals surface area contributed by atoms with Crippen molar-refractivity contribution in [2.45, 2.75) is 19.5 Å². The van der Waals surface area contributed by atoms with Crippen LogP contribution >= 0.6 is 0 Å². The van der Waals surface area contributed by atoms with E-state index in [1.54, 1.807) is 21.6 Å². The van der Waals surface area contributed by atoms with Gasteiger partial charge in [0, 0.05) is 24.7 Å². The van der Waals surface area contributed by atoms with Gasteiger partial charge in [0.25, 0.3) is 5.56 Å². The van der Waals surface area contributed by atoms with E-state index in [2.05, 4.69) is 10.3 Å². The van der Waals surface area contributed by atoms with Crippen LogP contribution in [0.2, 0.25) is 0 Å². The lowest BCUT2D eigenvalue weighted by atomic mass is 10.1. The molecule has 0 aliphatic rings. The molecular weight excluding hydrogens is 254 g/mol. The third-order valence-corrected chi connectivity index (χ3v) is 3.29. The van der Waals surface area contributed by atoms with Crippen LogP contribution in [-0.4, -0.2) is 19.6 Å². The number of aromatic nitrogens is 4. The molecule has 2 aromatic heterocycles. The molecule has 0 unspecified atom stereocenters. The zero-order valence-electron chi connectivity index (χ0n) is 10.9. The number of anilines is 1. The quantitative estimate of drug-likeness (QED) is 0.773. The maximum Gasteiger partial charge on any atom is 0.259 e. The first-order valence-electron chi connectivity index (χ1n) is 6.48. The number of nitrogens with zero attached hydrogens (tertiary/aromatic N) is 4. The summed E-state index contributed by atoms with van der Waals surface area (Å²) in [5.74, 6) is 0.493. The molecule has 6 nitrogen and oxygen atoms in total. The van der Waals surface area contributed by atoms with Crippen molar-refractivity contribution in [1.82, 2.24) is 19.6 Å². The molecule has 6 heteroatoms. The molecule has 0 saturated heterocycles. The fraction of sp³-hybridized carbons (Fsp3) is 0.214. The van der Waals surface area contributed by atoms with Crippen LogP contribution in [0.25, 0.3) is 10.8 Å². The van der Waals surface area contributed by atoms with Crippen molar-refractivity contribution >= 4 is 16.6 Å². The lowest BCUT2D eigenvalue weighted by Crippen LogP contribution is -2.23. The summed E-state index contributed by atoms with van der Waals surface area (Å²) < 4.78 is 3.35. The minimum absolute atomic E-state index is 0.0424. The van der Waals surface area contributed by atoms with Crippen LogP contribution in [0.15, 0.2) is 47.5 Å². The van der Waals surface area contributed by atoms with Crippen molar-refractivity contribution in [3.63, 3.8) is 0 Å². The van der Waals surface area contributed by atoms with E-state index in [1.165, 1.54) is 0 Å². The van der Waals surface area contributed by atoms with Gasteiger partial charge in [0.2, 0.25) is 0 Å². The molecule has 0 saturated carbocycles. The standard InChI is InChI=1S/C14H15N5O/c15-13-10-11-4-1-2-5-12(11)14(20)19(13)8-3-7-18-9-6-16-17-18/h1-2,4-6,9-10H,3,7-8,15H2. The first kappa shape index (κ1) is 12.4. The minimum Gasteiger partial charge on any atom is -0.385 e. The summed E-state index contributed by atoms with van der Waals surface area (Å²) >= 11 is 0. The maximum absolute atomic E-state index is 12.4. The molecular formula is C14H15N5O. The molecule has 1 aromatic carbocycles. The molecule has 20 heavy (non-hydrogen) atoms. The SMILES string of the molecule is Nc1cc2ccccc2c(=O)n1CCCn1ccnn1. The van der Waals surface area contributed by atoms with Gasteiger partial charge < -0.3 is 5.73 Å². The fourth-order valence-corrected chi connectivity index (χ4v) is 2.29. The second-order valence-corrected chi connectivity index (χ2v) is 4.63. The van der Waals surface area contributed by atoms with Crippen LogP contribution < -0.4 is 11.3 Å². The van der Waals surface area contributed by atoms with E-state index in [9.17, 15) is 4.79 Å². The summed E-state index contributed by atoms with van der Waals surface area (Å²) in [7, 11) is 0. The van der Waals surface area contributed by atoms with Crippen molar-refractivity contribution in [2.75, 3.05) is 5.73 Å². The summed E-state index contributed by atoms with van der Waals surface area (Å²) in [4.78, 5) is 12.4. The Morgan fingerprint density at radius 1 is 1.20 bits per heavy atom. The lowest BCUT2D eigenvalue weighted by molar-refractivity contribution is 0.512. The molecule has 2 heterocycles. The van der Waals surface area contributed by atoms with Crippen molar-refractivity contribution in [3.05, 3.63) is 53.1 Å². The van der Waals surface area contributed by atoms with Gasteiger partial charge >= 0.3 is 0 Å². The van der Waals surface area contributed by atoms with Gasteiger partial charge in [-0.05, 0) is 23.9 Å². The summed E-state index contributed by atoms with van der Waals surface area (Å²) in [6.45, 7) is 1.27. The van der Waals surface area contributed by atoms with E-state index in [-0.39, 0.29) is 5.56 Å². The van der Waals surface area contributed by atoms with Gasteiger partial charge in [-0.25, -0.2) is 0 Å². The molecule has 3 rings (SSSR count). The lowest BCUT2D eigenvalue weighted by Gasteiger charge is -2.11. The highest BCUT2D eigenvalue weighted by Crippen LogP contribution is 2.13. The first-order valence-corrected chi connectivity index (χ1v) is 6.48. The monoisotopic (exact) mass is 269 g/mol. The molecule has 0 aliphatic carbocycles. The first-order chi connectivity index (χ1) is 9.75.